The Labute approximate surface area is 149 Å². The summed E-state index contributed by atoms with van der Waals surface area (Å²) in [7, 11) is 0. The third-order valence-corrected chi connectivity index (χ3v) is 4.33. The second-order valence-electron chi connectivity index (χ2n) is 6.65. The first-order valence-electron chi connectivity index (χ1n) is 8.28. The van der Waals surface area contributed by atoms with Gasteiger partial charge in [-0.15, -0.1) is 0 Å². The van der Waals surface area contributed by atoms with Crippen molar-refractivity contribution in [2.45, 2.75) is 38.7 Å². The number of benzene rings is 1. The van der Waals surface area contributed by atoms with Gasteiger partial charge in [-0.2, -0.15) is 0 Å². The van der Waals surface area contributed by atoms with Crippen LogP contribution in [0.3, 0.4) is 0 Å². The van der Waals surface area contributed by atoms with Gasteiger partial charge in [0.2, 0.25) is 0 Å². The summed E-state index contributed by atoms with van der Waals surface area (Å²) in [6.07, 6.45) is 1.52. The van der Waals surface area contributed by atoms with Crippen molar-refractivity contribution in [2.75, 3.05) is 0 Å². The van der Waals surface area contributed by atoms with Gasteiger partial charge in [0.05, 0.1) is 11.8 Å². The second kappa shape index (κ2) is 6.71. The molecule has 0 aliphatic carbocycles. The van der Waals surface area contributed by atoms with E-state index in [-0.39, 0.29) is 53.6 Å². The van der Waals surface area contributed by atoms with Crippen LogP contribution in [0, 0.1) is 0 Å². The Balaban J connectivity index is 1.77. The molecule has 0 amide bonds. The molecule has 0 fully saturated rings. The molecule has 0 radical (unpaired) electrons. The van der Waals surface area contributed by atoms with E-state index in [1.807, 2.05) is 0 Å². The van der Waals surface area contributed by atoms with Crippen LogP contribution in [0.1, 0.15) is 43.7 Å². The molecule has 0 spiro atoms. The molecule has 26 heavy (non-hydrogen) atoms. The summed E-state index contributed by atoms with van der Waals surface area (Å²) < 4.78 is 11.2. The number of para-hydroxylation sites is 1. The van der Waals surface area contributed by atoms with E-state index in [2.05, 4.69) is 0 Å². The number of ether oxygens (including phenoxy) is 1. The molecule has 134 valence electrons. The molecule has 6 nitrogen and oxygen atoms in total. The van der Waals surface area contributed by atoms with Crippen molar-refractivity contribution in [2.24, 2.45) is 0 Å². The van der Waals surface area contributed by atoms with Gasteiger partial charge >= 0.3 is 0 Å². The quantitative estimate of drug-likeness (QED) is 0.767. The molecule has 1 aliphatic rings. The number of fused-ring (bicyclic) bond motifs is 1. The van der Waals surface area contributed by atoms with Crippen LogP contribution in [0.15, 0.2) is 51.4 Å². The molecule has 0 bridgehead atoms. The minimum Gasteiger partial charge on any atom is -0.483 e. The summed E-state index contributed by atoms with van der Waals surface area (Å²) in [6, 6.07) is 7.88. The Morgan fingerprint density at radius 3 is 2.65 bits per heavy atom. The molecule has 1 atom stereocenters. The molecule has 3 rings (SSSR count). The first kappa shape index (κ1) is 17.8. The Morgan fingerprint density at radius 1 is 1.19 bits per heavy atom. The van der Waals surface area contributed by atoms with Crippen molar-refractivity contribution in [3.8, 4) is 0 Å². The molecule has 1 aliphatic heterocycles. The van der Waals surface area contributed by atoms with Gasteiger partial charge in [0.15, 0.2) is 34.3 Å². The lowest BCUT2D eigenvalue weighted by molar-refractivity contribution is -0.130. The van der Waals surface area contributed by atoms with Crippen molar-refractivity contribution >= 4 is 28.3 Å². The van der Waals surface area contributed by atoms with E-state index in [4.69, 9.17) is 9.15 Å². The summed E-state index contributed by atoms with van der Waals surface area (Å²) >= 11 is 0. The van der Waals surface area contributed by atoms with E-state index >= 15 is 0 Å². The van der Waals surface area contributed by atoms with Gasteiger partial charge in [0.1, 0.15) is 11.2 Å². The maximum atomic E-state index is 12.5. The lowest BCUT2D eigenvalue weighted by atomic mass is 9.89. The first-order chi connectivity index (χ1) is 12.3. The fourth-order valence-electron chi connectivity index (χ4n) is 2.95. The molecule has 0 N–H and O–H groups in total. The van der Waals surface area contributed by atoms with Crippen LogP contribution in [-0.2, 0) is 14.3 Å². The highest BCUT2D eigenvalue weighted by atomic mass is 16.5. The third kappa shape index (κ3) is 3.64. The Hall–Kier alpha value is -3.02. The minimum atomic E-state index is -0.945. The molecule has 1 unspecified atom stereocenters. The van der Waals surface area contributed by atoms with Crippen LogP contribution in [-0.4, -0.2) is 23.0 Å². The molecule has 1 aromatic carbocycles. The Kier molecular flexibility index (Phi) is 4.59. The Bertz CT molecular complexity index is 997. The first-order valence-corrected chi connectivity index (χ1v) is 8.28. The molecular weight excluding hydrogens is 336 g/mol. The molecule has 0 saturated carbocycles. The number of carbonyl (C=O) groups is 3. The number of Topliss-reactive ketones (excluding diaryl/α,β-unsaturated/α-hetero) is 2. The van der Waals surface area contributed by atoms with Crippen LogP contribution >= 0.6 is 0 Å². The zero-order chi connectivity index (χ0) is 18.9. The van der Waals surface area contributed by atoms with E-state index in [1.54, 1.807) is 31.2 Å². The molecule has 2 aromatic rings. The molecule has 6 heteroatoms. The zero-order valence-corrected chi connectivity index (χ0v) is 14.5. The van der Waals surface area contributed by atoms with Crippen LogP contribution in [0.4, 0.5) is 0 Å². The summed E-state index contributed by atoms with van der Waals surface area (Å²) in [6.45, 7) is 3.00. The van der Waals surface area contributed by atoms with Gasteiger partial charge in [-0.05, 0) is 25.5 Å². The maximum absolute atomic E-state index is 12.5. The number of carbonyl (C=O) groups excluding carboxylic acids is 3. The van der Waals surface area contributed by atoms with Gasteiger partial charge in [-0.25, -0.2) is 0 Å². The number of allylic oxidation sites excluding steroid dienone is 2. The van der Waals surface area contributed by atoms with Gasteiger partial charge in [0, 0.05) is 25.5 Å². The standard InChI is InChI=1S/C20H18O6/c1-12(21)18-9-13(22)11-20(2,26-18)8-7-15(23)19-10-16(24)14-5-3-4-6-17(14)25-19/h3-6,9-10H,7-8,11H2,1-2H3. The fourth-order valence-corrected chi connectivity index (χ4v) is 2.95. The fraction of sp³-hybridized carbons (Fsp3) is 0.300. The van der Waals surface area contributed by atoms with E-state index in [0.29, 0.717) is 11.0 Å². The lowest BCUT2D eigenvalue weighted by Gasteiger charge is -2.33. The summed E-state index contributed by atoms with van der Waals surface area (Å²) in [5.74, 6) is -0.927. The second-order valence-corrected chi connectivity index (χ2v) is 6.65. The van der Waals surface area contributed by atoms with Crippen LogP contribution < -0.4 is 5.43 Å². The van der Waals surface area contributed by atoms with Gasteiger partial charge in [-0.1, -0.05) is 12.1 Å². The van der Waals surface area contributed by atoms with Crippen LogP contribution in [0.5, 0.6) is 0 Å². The smallest absolute Gasteiger partial charge is 0.198 e. The molecular formula is C20H18O6. The van der Waals surface area contributed by atoms with Crippen molar-refractivity contribution in [3.05, 3.63) is 58.2 Å². The van der Waals surface area contributed by atoms with Crippen molar-refractivity contribution in [3.63, 3.8) is 0 Å². The highest BCUT2D eigenvalue weighted by molar-refractivity contribution is 6.02. The topological polar surface area (TPSA) is 90.7 Å². The van der Waals surface area contributed by atoms with Gasteiger partial charge in [-0.3, -0.25) is 19.2 Å². The van der Waals surface area contributed by atoms with Crippen molar-refractivity contribution in [1.29, 1.82) is 0 Å². The van der Waals surface area contributed by atoms with E-state index in [0.717, 1.165) is 0 Å². The predicted octanol–water partition coefficient (Wildman–Crippen LogP) is 2.98. The summed E-state index contributed by atoms with van der Waals surface area (Å²) in [5.41, 5.74) is -0.882. The SMILES string of the molecule is CC(=O)C1=CC(=O)CC(C)(CCC(=O)c2cc(=O)c3ccccc3o2)O1. The number of rotatable bonds is 5. The lowest BCUT2D eigenvalue weighted by Crippen LogP contribution is -2.36. The van der Waals surface area contributed by atoms with Crippen LogP contribution in [0.2, 0.25) is 0 Å². The number of hydrogen-bond donors (Lipinski definition) is 0. The van der Waals surface area contributed by atoms with Gasteiger partial charge < -0.3 is 9.15 Å². The average Bonchev–Trinajstić information content (AvgIpc) is 2.59. The van der Waals surface area contributed by atoms with Crippen LogP contribution in [0.25, 0.3) is 11.0 Å². The van der Waals surface area contributed by atoms with E-state index in [9.17, 15) is 19.2 Å². The highest BCUT2D eigenvalue weighted by Gasteiger charge is 2.35. The van der Waals surface area contributed by atoms with Gasteiger partial charge in [0.25, 0.3) is 0 Å². The van der Waals surface area contributed by atoms with E-state index < -0.39 is 5.60 Å². The average molecular weight is 354 g/mol. The number of hydrogen-bond acceptors (Lipinski definition) is 6. The summed E-state index contributed by atoms with van der Waals surface area (Å²) in [4.78, 5) is 47.9. The minimum absolute atomic E-state index is 0.00781. The molecule has 0 saturated heterocycles. The third-order valence-electron chi connectivity index (χ3n) is 4.33. The number of ketones is 3. The maximum Gasteiger partial charge on any atom is 0.198 e. The van der Waals surface area contributed by atoms with E-state index in [1.165, 1.54) is 19.1 Å². The monoisotopic (exact) mass is 354 g/mol. The summed E-state index contributed by atoms with van der Waals surface area (Å²) in [5, 5.41) is 0.411. The molecule has 1 aromatic heterocycles. The normalized spacial score (nSPS) is 19.8. The largest absolute Gasteiger partial charge is 0.483 e. The molecule has 2 heterocycles. The van der Waals surface area contributed by atoms with Crippen molar-refractivity contribution in [1.82, 2.24) is 0 Å². The Morgan fingerprint density at radius 2 is 1.92 bits per heavy atom. The highest BCUT2D eigenvalue weighted by Crippen LogP contribution is 2.30. The zero-order valence-electron chi connectivity index (χ0n) is 14.5. The predicted molar refractivity (Wildman–Crippen MR) is 93.9 cm³/mol. The van der Waals surface area contributed by atoms with Crippen molar-refractivity contribution < 1.29 is 23.5 Å².